The van der Waals surface area contributed by atoms with E-state index in [2.05, 4.69) is 20.4 Å². The van der Waals surface area contributed by atoms with Gasteiger partial charge in [0.15, 0.2) is 0 Å². The van der Waals surface area contributed by atoms with Crippen LogP contribution in [0.15, 0.2) is 82.4 Å². The van der Waals surface area contributed by atoms with E-state index in [0.717, 1.165) is 17.4 Å². The number of amides is 2. The smallest absolute Gasteiger partial charge is 0.282 e. The molecule has 0 spiro atoms. The van der Waals surface area contributed by atoms with Crippen molar-refractivity contribution >= 4 is 40.6 Å². The lowest BCUT2D eigenvalue weighted by molar-refractivity contribution is -0.384. The Hall–Kier alpha value is -4.78. The molecule has 0 unspecified atom stereocenters. The number of carbonyl (C=O) groups excluding carboxylic acids is 2. The molecule has 0 radical (unpaired) electrons. The van der Waals surface area contributed by atoms with Crippen molar-refractivity contribution in [1.29, 1.82) is 0 Å². The summed E-state index contributed by atoms with van der Waals surface area (Å²) in [7, 11) is 0. The molecule has 2 heterocycles. The molecule has 0 atom stereocenters. The SMILES string of the molecule is O=C(CSc1nnc(-c2ccccc2[N+](=O)[O-])o1)Nc1ccc(N2CCN(C(=O)c3cccc(F)c3)CC2)cc1. The van der Waals surface area contributed by atoms with Crippen LogP contribution < -0.4 is 10.2 Å². The number of rotatable bonds is 8. The number of piperazine rings is 1. The van der Waals surface area contributed by atoms with Crippen molar-refractivity contribution in [1.82, 2.24) is 15.1 Å². The first kappa shape index (κ1) is 26.8. The molecule has 40 heavy (non-hydrogen) atoms. The van der Waals surface area contributed by atoms with E-state index in [4.69, 9.17) is 4.42 Å². The fourth-order valence-corrected chi connectivity index (χ4v) is 4.81. The Morgan fingerprint density at radius 1 is 1.00 bits per heavy atom. The second-order valence-electron chi connectivity index (χ2n) is 8.82. The molecule has 0 aliphatic carbocycles. The number of anilines is 2. The maximum absolute atomic E-state index is 13.5. The van der Waals surface area contributed by atoms with Crippen molar-refractivity contribution in [2.45, 2.75) is 5.22 Å². The van der Waals surface area contributed by atoms with Crippen molar-refractivity contribution in [2.24, 2.45) is 0 Å². The van der Waals surface area contributed by atoms with E-state index in [1.807, 2.05) is 12.1 Å². The lowest BCUT2D eigenvalue weighted by Gasteiger charge is -2.36. The molecule has 4 aromatic rings. The molecular formula is C27H23FN6O5S. The molecule has 5 rings (SSSR count). The number of aromatic nitrogens is 2. The van der Waals surface area contributed by atoms with Crippen LogP contribution in [0.1, 0.15) is 10.4 Å². The van der Waals surface area contributed by atoms with Gasteiger partial charge in [-0.05, 0) is 48.5 Å². The molecule has 1 fully saturated rings. The Labute approximate surface area is 232 Å². The number of nitrogens with zero attached hydrogens (tertiary/aromatic N) is 5. The van der Waals surface area contributed by atoms with Crippen molar-refractivity contribution in [3.8, 4) is 11.5 Å². The van der Waals surface area contributed by atoms with Gasteiger partial charge in [0.25, 0.3) is 22.7 Å². The van der Waals surface area contributed by atoms with E-state index in [0.29, 0.717) is 37.4 Å². The van der Waals surface area contributed by atoms with Crippen molar-refractivity contribution < 1.29 is 23.3 Å². The highest BCUT2D eigenvalue weighted by Crippen LogP contribution is 2.30. The van der Waals surface area contributed by atoms with Gasteiger partial charge >= 0.3 is 0 Å². The highest BCUT2D eigenvalue weighted by molar-refractivity contribution is 7.99. The van der Waals surface area contributed by atoms with E-state index in [1.165, 1.54) is 30.3 Å². The van der Waals surface area contributed by atoms with Crippen LogP contribution in [0.25, 0.3) is 11.5 Å². The standard InChI is InChI=1S/C27H23FN6O5S/c28-19-5-3-4-18(16-19)26(36)33-14-12-32(13-15-33)21-10-8-20(9-11-21)29-24(35)17-40-27-31-30-25(39-27)22-6-1-2-7-23(22)34(37)38/h1-11,16H,12-15,17H2,(H,29,35). The number of carbonyl (C=O) groups is 2. The molecule has 3 aromatic carbocycles. The van der Waals surface area contributed by atoms with Crippen LogP contribution in [-0.2, 0) is 4.79 Å². The van der Waals surface area contributed by atoms with Gasteiger partial charge in [-0.1, -0.05) is 30.0 Å². The summed E-state index contributed by atoms with van der Waals surface area (Å²) in [5, 5.41) is 21.9. The Balaban J connectivity index is 1.10. The Morgan fingerprint density at radius 2 is 1.75 bits per heavy atom. The first-order chi connectivity index (χ1) is 19.4. The summed E-state index contributed by atoms with van der Waals surface area (Å²) in [5.41, 5.74) is 1.96. The van der Waals surface area contributed by atoms with Crippen LogP contribution in [0.4, 0.5) is 21.5 Å². The topological polar surface area (TPSA) is 135 Å². The van der Waals surface area contributed by atoms with Crippen LogP contribution >= 0.6 is 11.8 Å². The minimum absolute atomic E-state index is 0.00156. The molecule has 11 nitrogen and oxygen atoms in total. The van der Waals surface area contributed by atoms with Crippen LogP contribution in [0.5, 0.6) is 0 Å². The highest BCUT2D eigenvalue weighted by Gasteiger charge is 2.23. The van der Waals surface area contributed by atoms with Crippen LogP contribution in [0.3, 0.4) is 0 Å². The normalized spacial score (nSPS) is 13.2. The molecule has 204 valence electrons. The molecule has 1 aromatic heterocycles. The minimum Gasteiger partial charge on any atom is -0.411 e. The monoisotopic (exact) mass is 562 g/mol. The first-order valence-corrected chi connectivity index (χ1v) is 13.3. The maximum Gasteiger partial charge on any atom is 0.282 e. The minimum atomic E-state index is -0.527. The summed E-state index contributed by atoms with van der Waals surface area (Å²) >= 11 is 1.02. The van der Waals surface area contributed by atoms with E-state index in [1.54, 1.807) is 35.2 Å². The van der Waals surface area contributed by atoms with Crippen molar-refractivity contribution in [3.63, 3.8) is 0 Å². The number of nitro benzene ring substituents is 1. The number of nitrogens with one attached hydrogen (secondary N) is 1. The predicted molar refractivity (Wildman–Crippen MR) is 147 cm³/mol. The van der Waals surface area contributed by atoms with Gasteiger partial charge in [0.2, 0.25) is 5.91 Å². The molecule has 0 bridgehead atoms. The van der Waals surface area contributed by atoms with Gasteiger partial charge in [-0.25, -0.2) is 4.39 Å². The van der Waals surface area contributed by atoms with Crippen molar-refractivity contribution in [3.05, 3.63) is 94.3 Å². The lowest BCUT2D eigenvalue weighted by Crippen LogP contribution is -2.48. The lowest BCUT2D eigenvalue weighted by atomic mass is 10.1. The quantitative estimate of drug-likeness (QED) is 0.187. The fraction of sp³-hybridized carbons (Fsp3) is 0.185. The van der Waals surface area contributed by atoms with Gasteiger partial charge < -0.3 is 19.5 Å². The molecule has 1 aliphatic rings. The summed E-state index contributed by atoms with van der Waals surface area (Å²) < 4.78 is 19.0. The molecular weight excluding hydrogens is 539 g/mol. The van der Waals surface area contributed by atoms with Crippen molar-refractivity contribution in [2.75, 3.05) is 42.1 Å². The van der Waals surface area contributed by atoms with Gasteiger partial charge in [-0.15, -0.1) is 10.2 Å². The zero-order valence-electron chi connectivity index (χ0n) is 21.0. The van der Waals surface area contributed by atoms with E-state index < -0.39 is 10.7 Å². The average molecular weight is 563 g/mol. The number of halogens is 1. The van der Waals surface area contributed by atoms with Crippen LogP contribution in [0.2, 0.25) is 0 Å². The zero-order valence-corrected chi connectivity index (χ0v) is 21.8. The Kier molecular flexibility index (Phi) is 8.01. The predicted octanol–water partition coefficient (Wildman–Crippen LogP) is 4.48. The maximum atomic E-state index is 13.5. The Bertz CT molecular complexity index is 1540. The third-order valence-corrected chi connectivity index (χ3v) is 7.04. The molecule has 1 saturated heterocycles. The summed E-state index contributed by atoms with van der Waals surface area (Å²) in [4.78, 5) is 39.7. The third-order valence-electron chi connectivity index (χ3n) is 6.22. The van der Waals surface area contributed by atoms with Gasteiger partial charge in [-0.3, -0.25) is 19.7 Å². The summed E-state index contributed by atoms with van der Waals surface area (Å²) in [6, 6.07) is 19.1. The average Bonchev–Trinajstić information content (AvgIpc) is 3.45. The molecule has 1 N–H and O–H groups in total. The van der Waals surface area contributed by atoms with Gasteiger partial charge in [0, 0.05) is 49.2 Å². The van der Waals surface area contributed by atoms with Crippen LogP contribution in [0, 0.1) is 15.9 Å². The second kappa shape index (κ2) is 11.9. The highest BCUT2D eigenvalue weighted by atomic mass is 32.2. The van der Waals surface area contributed by atoms with Gasteiger partial charge in [0.05, 0.1) is 10.7 Å². The second-order valence-corrected chi connectivity index (χ2v) is 9.75. The zero-order chi connectivity index (χ0) is 28.1. The van der Waals surface area contributed by atoms with Crippen LogP contribution in [-0.4, -0.2) is 63.8 Å². The van der Waals surface area contributed by atoms with E-state index >= 15 is 0 Å². The van der Waals surface area contributed by atoms with E-state index in [9.17, 15) is 24.1 Å². The number of thioether (sulfide) groups is 1. The molecule has 13 heteroatoms. The number of benzene rings is 3. The first-order valence-electron chi connectivity index (χ1n) is 12.3. The van der Waals surface area contributed by atoms with Gasteiger partial charge in [0.1, 0.15) is 11.4 Å². The number of hydrogen-bond acceptors (Lipinski definition) is 9. The fourth-order valence-electron chi connectivity index (χ4n) is 4.24. The summed E-state index contributed by atoms with van der Waals surface area (Å²) in [6.07, 6.45) is 0. The number of hydrogen-bond donors (Lipinski definition) is 1. The summed E-state index contributed by atoms with van der Waals surface area (Å²) in [5.74, 6) is -0.900. The largest absolute Gasteiger partial charge is 0.411 e. The summed E-state index contributed by atoms with van der Waals surface area (Å²) in [6.45, 7) is 2.28. The molecule has 2 amide bonds. The van der Waals surface area contributed by atoms with E-state index in [-0.39, 0.29) is 39.9 Å². The third kappa shape index (κ3) is 6.26. The molecule has 0 saturated carbocycles. The number of para-hydroxylation sites is 1. The Morgan fingerprint density at radius 3 is 2.48 bits per heavy atom. The number of nitro groups is 1. The van der Waals surface area contributed by atoms with Gasteiger partial charge in [-0.2, -0.15) is 0 Å². The molecule has 1 aliphatic heterocycles.